The van der Waals surface area contributed by atoms with Gasteiger partial charge in [-0.25, -0.2) is 8.42 Å². The zero-order valence-corrected chi connectivity index (χ0v) is 18.8. The van der Waals surface area contributed by atoms with E-state index in [1.165, 1.54) is 37.4 Å². The van der Waals surface area contributed by atoms with Gasteiger partial charge >= 0.3 is 0 Å². The van der Waals surface area contributed by atoms with Crippen LogP contribution in [-0.2, 0) is 10.0 Å². The highest BCUT2D eigenvalue weighted by Crippen LogP contribution is 2.24. The van der Waals surface area contributed by atoms with Crippen molar-refractivity contribution in [2.24, 2.45) is 11.8 Å². The minimum absolute atomic E-state index is 0.0294. The molecule has 2 N–H and O–H groups in total. The summed E-state index contributed by atoms with van der Waals surface area (Å²) < 4.78 is 32.8. The molecule has 2 aromatic carbocycles. The van der Waals surface area contributed by atoms with Gasteiger partial charge in [0.05, 0.1) is 22.6 Å². The van der Waals surface area contributed by atoms with E-state index >= 15 is 0 Å². The predicted molar refractivity (Wildman–Crippen MR) is 116 cm³/mol. The molecule has 0 saturated heterocycles. The molecule has 0 spiro atoms. The van der Waals surface area contributed by atoms with Crippen molar-refractivity contribution < 1.29 is 17.9 Å². The maximum atomic E-state index is 12.8. The molecule has 0 aliphatic heterocycles. The van der Waals surface area contributed by atoms with Crippen LogP contribution in [0.15, 0.2) is 47.4 Å². The maximum Gasteiger partial charge on any atom is 0.261 e. The van der Waals surface area contributed by atoms with Crippen molar-refractivity contribution in [3.8, 4) is 5.75 Å². The molecule has 0 aliphatic carbocycles. The number of ether oxygens (including phenoxy) is 1. The number of hydrogen-bond acceptors (Lipinski definition) is 4. The second-order valence-corrected chi connectivity index (χ2v) is 9.55. The summed E-state index contributed by atoms with van der Waals surface area (Å²) in [6.07, 6.45) is 0. The average Bonchev–Trinajstić information content (AvgIpc) is 2.66. The number of nitrogens with one attached hydrogen (secondary N) is 2. The first kappa shape index (κ1) is 23.0. The van der Waals surface area contributed by atoms with Crippen molar-refractivity contribution in [2.45, 2.75) is 38.6 Å². The summed E-state index contributed by atoms with van der Waals surface area (Å²) in [5.74, 6) is 0.705. The highest BCUT2D eigenvalue weighted by Gasteiger charge is 2.22. The molecular weight excluding hydrogens is 412 g/mol. The number of amides is 1. The molecule has 8 heteroatoms. The molecule has 2 rings (SSSR count). The number of benzene rings is 2. The molecule has 0 aliphatic rings. The highest BCUT2D eigenvalue weighted by atomic mass is 35.5. The number of carbonyl (C=O) groups is 1. The predicted octanol–water partition coefficient (Wildman–Crippen LogP) is 4.56. The van der Waals surface area contributed by atoms with E-state index in [-0.39, 0.29) is 45.0 Å². The summed E-state index contributed by atoms with van der Waals surface area (Å²) in [6.45, 7) is 8.13. The van der Waals surface area contributed by atoms with Gasteiger partial charge in [0.15, 0.2) is 0 Å². The third kappa shape index (κ3) is 5.87. The van der Waals surface area contributed by atoms with Crippen molar-refractivity contribution in [1.82, 2.24) is 5.32 Å². The Morgan fingerprint density at radius 1 is 1.00 bits per heavy atom. The number of anilines is 1. The van der Waals surface area contributed by atoms with E-state index in [2.05, 4.69) is 10.0 Å². The molecule has 0 atom stereocenters. The zero-order valence-electron chi connectivity index (χ0n) is 17.2. The molecule has 2 aromatic rings. The van der Waals surface area contributed by atoms with Crippen molar-refractivity contribution in [3.63, 3.8) is 0 Å². The first-order valence-electron chi connectivity index (χ1n) is 9.32. The van der Waals surface area contributed by atoms with Crippen LogP contribution in [0.1, 0.15) is 38.1 Å². The number of carbonyl (C=O) groups excluding carboxylic acids is 1. The van der Waals surface area contributed by atoms with E-state index in [1.807, 2.05) is 27.7 Å². The summed E-state index contributed by atoms with van der Waals surface area (Å²) in [7, 11) is -2.32. The molecule has 0 aromatic heterocycles. The summed E-state index contributed by atoms with van der Waals surface area (Å²) in [4.78, 5) is 12.8. The van der Waals surface area contributed by atoms with Gasteiger partial charge in [-0.1, -0.05) is 39.3 Å². The van der Waals surface area contributed by atoms with Crippen LogP contribution in [-0.4, -0.2) is 27.5 Å². The van der Waals surface area contributed by atoms with Crippen molar-refractivity contribution in [3.05, 3.63) is 53.1 Å². The van der Waals surface area contributed by atoms with Crippen LogP contribution in [0.25, 0.3) is 0 Å². The minimum atomic E-state index is -3.82. The average molecular weight is 439 g/mol. The first-order valence-corrected chi connectivity index (χ1v) is 11.2. The second kappa shape index (κ2) is 9.50. The van der Waals surface area contributed by atoms with Crippen LogP contribution in [0.4, 0.5) is 5.69 Å². The largest absolute Gasteiger partial charge is 0.497 e. The molecule has 0 fully saturated rings. The Labute approximate surface area is 177 Å². The number of rotatable bonds is 8. The fourth-order valence-corrected chi connectivity index (χ4v) is 4.32. The second-order valence-electron chi connectivity index (χ2n) is 7.46. The Morgan fingerprint density at radius 3 is 2.10 bits per heavy atom. The third-order valence-corrected chi connectivity index (χ3v) is 6.29. The van der Waals surface area contributed by atoms with Gasteiger partial charge in [-0.15, -0.1) is 0 Å². The summed E-state index contributed by atoms with van der Waals surface area (Å²) in [5.41, 5.74) is 0.467. The monoisotopic (exact) mass is 438 g/mol. The normalized spacial score (nSPS) is 11.8. The molecule has 0 heterocycles. The summed E-state index contributed by atoms with van der Waals surface area (Å²) in [5, 5.41) is 3.24. The van der Waals surface area contributed by atoms with E-state index in [0.29, 0.717) is 5.75 Å². The molecule has 29 heavy (non-hydrogen) atoms. The third-order valence-electron chi connectivity index (χ3n) is 4.57. The lowest BCUT2D eigenvalue weighted by Gasteiger charge is -2.26. The number of methoxy groups -OCH3 is 1. The van der Waals surface area contributed by atoms with Gasteiger partial charge in [0.25, 0.3) is 15.9 Å². The fourth-order valence-electron chi connectivity index (χ4n) is 3.06. The Kier molecular flexibility index (Phi) is 7.54. The van der Waals surface area contributed by atoms with Gasteiger partial charge in [-0.2, -0.15) is 0 Å². The van der Waals surface area contributed by atoms with Crippen LogP contribution < -0.4 is 14.8 Å². The van der Waals surface area contributed by atoms with E-state index < -0.39 is 10.0 Å². The number of sulfonamides is 1. The van der Waals surface area contributed by atoms with Crippen LogP contribution in [0.2, 0.25) is 5.02 Å². The van der Waals surface area contributed by atoms with E-state index in [1.54, 1.807) is 12.1 Å². The topological polar surface area (TPSA) is 84.5 Å². The molecule has 1 amide bonds. The lowest BCUT2D eigenvalue weighted by Crippen LogP contribution is -2.42. The van der Waals surface area contributed by atoms with Crippen LogP contribution in [0.5, 0.6) is 5.75 Å². The molecule has 0 radical (unpaired) electrons. The van der Waals surface area contributed by atoms with Gasteiger partial charge in [0.1, 0.15) is 5.75 Å². The Balaban J connectivity index is 2.26. The van der Waals surface area contributed by atoms with Crippen molar-refractivity contribution >= 4 is 33.2 Å². The molecule has 0 saturated carbocycles. The minimum Gasteiger partial charge on any atom is -0.497 e. The van der Waals surface area contributed by atoms with Crippen LogP contribution >= 0.6 is 11.6 Å². The van der Waals surface area contributed by atoms with E-state index in [9.17, 15) is 13.2 Å². The number of halogens is 1. The lowest BCUT2D eigenvalue weighted by atomic mass is 9.93. The SMILES string of the molecule is COc1ccc(S(=O)(=O)Nc2ccc(Cl)c(C(=O)NC(C(C)C)C(C)C)c2)cc1. The Hall–Kier alpha value is -2.25. The van der Waals surface area contributed by atoms with Crippen molar-refractivity contribution in [2.75, 3.05) is 11.8 Å². The molecule has 158 valence electrons. The summed E-state index contributed by atoms with van der Waals surface area (Å²) in [6, 6.07) is 10.4. The molecule has 0 bridgehead atoms. The summed E-state index contributed by atoms with van der Waals surface area (Å²) >= 11 is 6.20. The highest BCUT2D eigenvalue weighted by molar-refractivity contribution is 7.92. The molecule has 0 unspecified atom stereocenters. The number of hydrogen-bond donors (Lipinski definition) is 2. The van der Waals surface area contributed by atoms with Crippen LogP contribution in [0.3, 0.4) is 0 Å². The standard InChI is InChI=1S/C21H27ClN2O4S/c1-13(2)20(14(3)4)23-21(25)18-12-15(6-11-19(18)22)24-29(26,27)17-9-7-16(28-5)8-10-17/h6-14,20,24H,1-5H3,(H,23,25). The van der Waals surface area contributed by atoms with Gasteiger partial charge in [0, 0.05) is 11.7 Å². The van der Waals surface area contributed by atoms with Crippen LogP contribution in [0, 0.1) is 11.8 Å². The fraction of sp³-hybridized carbons (Fsp3) is 0.381. The van der Waals surface area contributed by atoms with E-state index in [4.69, 9.17) is 16.3 Å². The Morgan fingerprint density at radius 2 is 1.59 bits per heavy atom. The zero-order chi connectivity index (χ0) is 21.8. The molecular formula is C21H27ClN2O4S. The molecule has 6 nitrogen and oxygen atoms in total. The van der Waals surface area contributed by atoms with E-state index in [0.717, 1.165) is 0 Å². The Bertz CT molecular complexity index is 949. The quantitative estimate of drug-likeness (QED) is 0.632. The van der Waals surface area contributed by atoms with Gasteiger partial charge in [0.2, 0.25) is 0 Å². The van der Waals surface area contributed by atoms with Gasteiger partial charge in [-0.05, 0) is 54.3 Å². The maximum absolute atomic E-state index is 12.8. The smallest absolute Gasteiger partial charge is 0.261 e. The van der Waals surface area contributed by atoms with Gasteiger partial charge in [-0.3, -0.25) is 9.52 Å². The van der Waals surface area contributed by atoms with Gasteiger partial charge < -0.3 is 10.1 Å². The van der Waals surface area contributed by atoms with Crippen molar-refractivity contribution in [1.29, 1.82) is 0 Å². The first-order chi connectivity index (χ1) is 13.5. The lowest BCUT2D eigenvalue weighted by molar-refractivity contribution is 0.0910.